The molecule has 0 amide bonds. The van der Waals surface area contributed by atoms with Crippen LogP contribution in [0.15, 0.2) is 19.0 Å². The first kappa shape index (κ1) is 14.8. The van der Waals surface area contributed by atoms with Crippen LogP contribution in [-0.4, -0.2) is 22.5 Å². The quantitative estimate of drug-likeness (QED) is 0.466. The summed E-state index contributed by atoms with van der Waals surface area (Å²) in [7, 11) is -4.92. The fourth-order valence-electron chi connectivity index (χ4n) is 1.08. The van der Waals surface area contributed by atoms with Gasteiger partial charge in [0.1, 0.15) is 12.4 Å². The van der Waals surface area contributed by atoms with Gasteiger partial charge in [-0.15, -0.1) is 0 Å². The molecule has 0 radical (unpaired) electrons. The van der Waals surface area contributed by atoms with Crippen LogP contribution < -0.4 is 4.57 Å². The van der Waals surface area contributed by atoms with Crippen LogP contribution in [0.4, 0.5) is 0 Å². The lowest BCUT2D eigenvalue weighted by atomic mass is 10.3. The van der Waals surface area contributed by atoms with E-state index in [0.717, 1.165) is 12.4 Å². The molecule has 7 heteroatoms. The molecule has 0 aromatic carbocycles. The standard InChI is InChI=1S/C9H14N2.H2O4S/c1-3-5-7-11-8-6-10-9(11)4-2;1-5(2,3)4/h4,6,8H,2-3,5,7H2,1H3;(H2,1,2,3,4). The maximum absolute atomic E-state index is 8.63. The number of aromatic amines is 1. The minimum absolute atomic E-state index is 1.08. The van der Waals surface area contributed by atoms with Gasteiger partial charge >= 0.3 is 0 Å². The van der Waals surface area contributed by atoms with Crippen LogP contribution in [0.25, 0.3) is 6.08 Å². The molecule has 0 saturated heterocycles. The lowest BCUT2D eigenvalue weighted by molar-refractivity contribution is -0.697. The Balaban J connectivity index is 0.000000385. The molecule has 1 aromatic rings. The number of nitrogens with one attached hydrogen (secondary N) is 1. The number of hydrogen-bond acceptors (Lipinski definition) is 3. The van der Waals surface area contributed by atoms with Gasteiger partial charge in [0.15, 0.2) is 0 Å². The summed E-state index contributed by atoms with van der Waals surface area (Å²) in [6.45, 7) is 7.00. The highest BCUT2D eigenvalue weighted by Gasteiger charge is 2.03. The van der Waals surface area contributed by atoms with Crippen molar-refractivity contribution in [2.45, 2.75) is 26.3 Å². The summed E-state index contributed by atoms with van der Waals surface area (Å²) in [5.74, 6) is 1.10. The monoisotopic (exact) mass is 248 g/mol. The first-order valence-electron chi connectivity index (χ1n) is 4.76. The van der Waals surface area contributed by atoms with E-state index in [2.05, 4.69) is 23.1 Å². The first-order chi connectivity index (χ1) is 7.38. The van der Waals surface area contributed by atoms with Gasteiger partial charge in [-0.25, -0.2) is 18.0 Å². The largest absolute Gasteiger partial charge is 0.726 e. The van der Waals surface area contributed by atoms with Gasteiger partial charge in [0, 0.05) is 6.08 Å². The molecule has 1 heterocycles. The fraction of sp³-hybridized carbons (Fsp3) is 0.444. The summed E-state index contributed by atoms with van der Waals surface area (Å²) in [5, 5.41) is 0. The van der Waals surface area contributed by atoms with E-state index in [0.29, 0.717) is 0 Å². The molecule has 0 atom stereocenters. The van der Waals surface area contributed by atoms with Crippen LogP contribution in [0.3, 0.4) is 0 Å². The number of unbranched alkanes of at least 4 members (excludes halogenated alkanes) is 1. The predicted molar refractivity (Wildman–Crippen MR) is 58.3 cm³/mol. The van der Waals surface area contributed by atoms with Gasteiger partial charge in [0.2, 0.25) is 10.4 Å². The highest BCUT2D eigenvalue weighted by Crippen LogP contribution is 1.91. The molecule has 1 rings (SSSR count). The van der Waals surface area contributed by atoms with Crippen LogP contribution in [-0.2, 0) is 16.9 Å². The van der Waals surface area contributed by atoms with E-state index in [-0.39, 0.29) is 0 Å². The second kappa shape index (κ2) is 7.15. The predicted octanol–water partition coefficient (Wildman–Crippen LogP) is 0.750. The van der Waals surface area contributed by atoms with Crippen molar-refractivity contribution in [1.82, 2.24) is 4.98 Å². The number of hydrogen-bond donors (Lipinski definition) is 2. The summed E-state index contributed by atoms with van der Waals surface area (Å²) < 4.78 is 35.0. The fourth-order valence-corrected chi connectivity index (χ4v) is 1.08. The Hall–Kier alpha value is -1.18. The van der Waals surface area contributed by atoms with Crippen LogP contribution in [0, 0.1) is 0 Å². The zero-order valence-corrected chi connectivity index (χ0v) is 9.90. The minimum Gasteiger partial charge on any atom is -0.726 e. The zero-order valence-electron chi connectivity index (χ0n) is 9.09. The number of rotatable bonds is 4. The van der Waals surface area contributed by atoms with Crippen molar-refractivity contribution in [3.63, 3.8) is 0 Å². The molecule has 16 heavy (non-hydrogen) atoms. The van der Waals surface area contributed by atoms with Crippen molar-refractivity contribution in [2.24, 2.45) is 0 Å². The van der Waals surface area contributed by atoms with Gasteiger partial charge in [-0.3, -0.25) is 4.55 Å². The van der Waals surface area contributed by atoms with E-state index in [9.17, 15) is 0 Å². The van der Waals surface area contributed by atoms with Crippen molar-refractivity contribution in [3.8, 4) is 0 Å². The third kappa shape index (κ3) is 8.16. The maximum Gasteiger partial charge on any atom is 0.278 e. The highest BCUT2D eigenvalue weighted by atomic mass is 32.3. The minimum atomic E-state index is -4.92. The van der Waals surface area contributed by atoms with E-state index in [4.69, 9.17) is 17.5 Å². The summed E-state index contributed by atoms with van der Waals surface area (Å²) in [6, 6.07) is 0. The number of imidazole rings is 1. The van der Waals surface area contributed by atoms with Gasteiger partial charge in [-0.2, -0.15) is 0 Å². The van der Waals surface area contributed by atoms with Crippen molar-refractivity contribution in [2.75, 3.05) is 0 Å². The molecule has 0 aliphatic rings. The summed E-state index contributed by atoms with van der Waals surface area (Å²) in [6.07, 6.45) is 8.28. The third-order valence-electron chi connectivity index (χ3n) is 1.74. The first-order valence-corrected chi connectivity index (χ1v) is 6.12. The van der Waals surface area contributed by atoms with E-state index >= 15 is 0 Å². The van der Waals surface area contributed by atoms with Gasteiger partial charge < -0.3 is 4.55 Å². The van der Waals surface area contributed by atoms with Crippen LogP contribution in [0.1, 0.15) is 25.6 Å². The van der Waals surface area contributed by atoms with Gasteiger partial charge in [0.25, 0.3) is 5.82 Å². The smallest absolute Gasteiger partial charge is 0.278 e. The molecular formula is C9H16N2O4S. The van der Waals surface area contributed by atoms with Crippen LogP contribution in [0.2, 0.25) is 0 Å². The molecule has 0 aliphatic heterocycles. The molecule has 92 valence electrons. The second-order valence-electron chi connectivity index (χ2n) is 3.02. The molecule has 0 bridgehead atoms. The average Bonchev–Trinajstić information content (AvgIpc) is 2.59. The Bertz CT molecular complexity index is 403. The van der Waals surface area contributed by atoms with Crippen LogP contribution in [0.5, 0.6) is 0 Å². The van der Waals surface area contributed by atoms with E-state index in [1.165, 1.54) is 12.8 Å². The Labute approximate surface area is 95.2 Å². The summed E-state index contributed by atoms with van der Waals surface area (Å²) in [5.41, 5.74) is 0. The topological polar surface area (TPSA) is 97.1 Å². The number of nitrogens with zero attached hydrogens (tertiary/aromatic N) is 1. The number of aromatic nitrogens is 2. The molecule has 0 spiro atoms. The zero-order chi connectivity index (χ0) is 12.6. The van der Waals surface area contributed by atoms with E-state index in [1.807, 2.05) is 18.5 Å². The van der Waals surface area contributed by atoms with Gasteiger partial charge in [-0.1, -0.05) is 19.9 Å². The second-order valence-corrected chi connectivity index (χ2v) is 3.88. The Morgan fingerprint density at radius 2 is 2.25 bits per heavy atom. The van der Waals surface area contributed by atoms with Crippen LogP contribution >= 0.6 is 0 Å². The summed E-state index contributed by atoms with van der Waals surface area (Å²) >= 11 is 0. The normalized spacial score (nSPS) is 10.4. The highest BCUT2D eigenvalue weighted by molar-refractivity contribution is 7.79. The Kier molecular flexibility index (Phi) is 6.63. The Morgan fingerprint density at radius 3 is 2.69 bits per heavy atom. The van der Waals surface area contributed by atoms with Gasteiger partial charge in [-0.05, 0) is 6.42 Å². The van der Waals surface area contributed by atoms with E-state index in [1.54, 1.807) is 0 Å². The molecular weight excluding hydrogens is 232 g/mol. The van der Waals surface area contributed by atoms with Gasteiger partial charge in [0.05, 0.1) is 6.54 Å². The van der Waals surface area contributed by atoms with Crippen molar-refractivity contribution in [1.29, 1.82) is 0 Å². The average molecular weight is 248 g/mol. The third-order valence-corrected chi connectivity index (χ3v) is 1.74. The molecule has 0 unspecified atom stereocenters. The Morgan fingerprint density at radius 1 is 1.69 bits per heavy atom. The molecule has 0 fully saturated rings. The van der Waals surface area contributed by atoms with Crippen molar-refractivity contribution < 1.29 is 22.1 Å². The lowest BCUT2D eigenvalue weighted by Crippen LogP contribution is -2.34. The lowest BCUT2D eigenvalue weighted by Gasteiger charge is -1.94. The number of H-pyrrole nitrogens is 1. The molecule has 0 aliphatic carbocycles. The SMILES string of the molecule is C=Cc1[nH]cc[n+]1CCCC.O=S(=O)([O-])O. The van der Waals surface area contributed by atoms with Crippen molar-refractivity contribution in [3.05, 3.63) is 24.8 Å². The molecule has 6 nitrogen and oxygen atoms in total. The van der Waals surface area contributed by atoms with E-state index < -0.39 is 10.4 Å². The van der Waals surface area contributed by atoms with Crippen molar-refractivity contribution >= 4 is 16.5 Å². The number of aryl methyl sites for hydroxylation is 1. The summed E-state index contributed by atoms with van der Waals surface area (Å²) in [4.78, 5) is 3.11. The molecule has 1 aromatic heterocycles. The maximum atomic E-state index is 8.63. The molecule has 2 N–H and O–H groups in total. The molecule has 0 saturated carbocycles.